The van der Waals surface area contributed by atoms with Crippen LogP contribution in [-0.2, 0) is 0 Å². The summed E-state index contributed by atoms with van der Waals surface area (Å²) in [6.45, 7) is 0. The average Bonchev–Trinajstić information content (AvgIpc) is 3.82. The van der Waals surface area contributed by atoms with Gasteiger partial charge in [-0.25, -0.2) is 15.0 Å². The van der Waals surface area contributed by atoms with E-state index < -0.39 is 0 Å². The van der Waals surface area contributed by atoms with Crippen LogP contribution in [0.15, 0.2) is 180 Å². The molecule has 9 aromatic carbocycles. The van der Waals surface area contributed by atoms with Gasteiger partial charge in [-0.3, -0.25) is 0 Å². The van der Waals surface area contributed by atoms with Crippen molar-refractivity contribution < 1.29 is 4.42 Å². The van der Waals surface area contributed by atoms with Gasteiger partial charge in [0, 0.05) is 53.2 Å². The Balaban J connectivity index is 1.13. The Bertz CT molecular complexity index is 3560. The maximum atomic E-state index is 6.91. The molecule has 4 nitrogen and oxygen atoms in total. The Morgan fingerprint density at radius 3 is 1.64 bits per heavy atom. The van der Waals surface area contributed by atoms with Gasteiger partial charge in [-0.1, -0.05) is 127 Å². The lowest BCUT2D eigenvalue weighted by Crippen LogP contribution is -2.00. The van der Waals surface area contributed by atoms with E-state index in [1.165, 1.54) is 36.3 Å². The molecule has 56 heavy (non-hydrogen) atoms. The maximum Gasteiger partial charge on any atom is 0.164 e. The summed E-state index contributed by atoms with van der Waals surface area (Å²) < 4.78 is 9.37. The highest BCUT2D eigenvalue weighted by molar-refractivity contribution is 7.25. The van der Waals surface area contributed by atoms with Crippen molar-refractivity contribution in [3.05, 3.63) is 176 Å². The van der Waals surface area contributed by atoms with Crippen molar-refractivity contribution in [2.24, 2.45) is 0 Å². The summed E-state index contributed by atoms with van der Waals surface area (Å²) in [6, 6.07) is 62.2. The minimum Gasteiger partial charge on any atom is -0.455 e. The Morgan fingerprint density at radius 1 is 0.357 bits per heavy atom. The number of hydrogen-bond donors (Lipinski definition) is 0. The van der Waals surface area contributed by atoms with E-state index >= 15 is 0 Å². The van der Waals surface area contributed by atoms with E-state index in [4.69, 9.17) is 19.4 Å². The number of thiophene rings is 1. The summed E-state index contributed by atoms with van der Waals surface area (Å²) in [6.07, 6.45) is 0. The number of hydrogen-bond acceptors (Lipinski definition) is 5. The van der Waals surface area contributed by atoms with E-state index in [0.717, 1.165) is 65.9 Å². The van der Waals surface area contributed by atoms with Crippen molar-refractivity contribution >= 4 is 85.8 Å². The number of rotatable bonds is 4. The Kier molecular flexibility index (Phi) is 6.76. The highest BCUT2D eigenvalue weighted by Gasteiger charge is 2.22. The SMILES string of the molecule is c1ccc2cc(-c3nc(-c4ccc5c(c4)sc4ccccc45)nc(-c4ccc(-c5ccc6ccccc6c5)c5oc6cc7ccccc7cc6c45)n3)ccc2c1. The molecule has 0 fully saturated rings. The van der Waals surface area contributed by atoms with Crippen molar-refractivity contribution in [1.29, 1.82) is 0 Å². The van der Waals surface area contributed by atoms with Gasteiger partial charge in [0.15, 0.2) is 17.5 Å². The van der Waals surface area contributed by atoms with Crippen LogP contribution in [-0.4, -0.2) is 15.0 Å². The quantitative estimate of drug-likeness (QED) is 0.181. The van der Waals surface area contributed by atoms with Crippen LogP contribution in [0.3, 0.4) is 0 Å². The van der Waals surface area contributed by atoms with Crippen molar-refractivity contribution in [3.63, 3.8) is 0 Å². The third-order valence-corrected chi connectivity index (χ3v) is 12.2. The van der Waals surface area contributed by atoms with E-state index in [1.807, 2.05) is 0 Å². The second-order valence-corrected chi connectivity index (χ2v) is 15.5. The van der Waals surface area contributed by atoms with E-state index in [0.29, 0.717) is 17.5 Å². The van der Waals surface area contributed by atoms with Crippen LogP contribution < -0.4 is 0 Å². The maximum absolute atomic E-state index is 6.91. The van der Waals surface area contributed by atoms with E-state index in [9.17, 15) is 0 Å². The molecule has 3 aromatic heterocycles. The summed E-state index contributed by atoms with van der Waals surface area (Å²) in [5.74, 6) is 1.85. The summed E-state index contributed by atoms with van der Waals surface area (Å²) >= 11 is 1.79. The highest BCUT2D eigenvalue weighted by atomic mass is 32.1. The van der Waals surface area contributed by atoms with Gasteiger partial charge >= 0.3 is 0 Å². The second-order valence-electron chi connectivity index (χ2n) is 14.4. The van der Waals surface area contributed by atoms with Crippen molar-refractivity contribution in [1.82, 2.24) is 15.0 Å². The zero-order valence-electron chi connectivity index (χ0n) is 29.9. The molecule has 0 N–H and O–H groups in total. The topological polar surface area (TPSA) is 51.8 Å². The van der Waals surface area contributed by atoms with Gasteiger partial charge in [-0.05, 0) is 86.4 Å². The average molecular weight is 732 g/mol. The molecular formula is C51H29N3OS. The lowest BCUT2D eigenvalue weighted by Gasteiger charge is -2.12. The number of fused-ring (bicyclic) bond motifs is 9. The molecule has 0 aliphatic heterocycles. The van der Waals surface area contributed by atoms with Crippen molar-refractivity contribution in [3.8, 4) is 45.3 Å². The lowest BCUT2D eigenvalue weighted by molar-refractivity contribution is 0.670. The number of furan rings is 1. The first-order chi connectivity index (χ1) is 27.7. The molecule has 260 valence electrons. The molecule has 0 aliphatic rings. The summed E-state index contributed by atoms with van der Waals surface area (Å²) in [5, 5.41) is 11.5. The highest BCUT2D eigenvalue weighted by Crippen LogP contribution is 2.44. The molecule has 12 aromatic rings. The number of aromatic nitrogens is 3. The predicted octanol–water partition coefficient (Wildman–Crippen LogP) is 14.3. The molecule has 0 aliphatic carbocycles. The molecule has 0 amide bonds. The molecule has 12 rings (SSSR count). The van der Waals surface area contributed by atoms with Crippen molar-refractivity contribution in [2.45, 2.75) is 0 Å². The zero-order valence-corrected chi connectivity index (χ0v) is 30.7. The van der Waals surface area contributed by atoms with Gasteiger partial charge in [0.2, 0.25) is 0 Å². The molecule has 0 unspecified atom stereocenters. The fraction of sp³-hybridized carbons (Fsp3) is 0. The van der Waals surface area contributed by atoms with Gasteiger partial charge < -0.3 is 4.42 Å². The molecule has 0 saturated heterocycles. The van der Waals surface area contributed by atoms with Crippen LogP contribution in [0.2, 0.25) is 0 Å². The molecule has 0 bridgehead atoms. The smallest absolute Gasteiger partial charge is 0.164 e. The van der Waals surface area contributed by atoms with Gasteiger partial charge in [0.1, 0.15) is 11.2 Å². The Labute approximate surface area is 325 Å². The molecule has 0 saturated carbocycles. The van der Waals surface area contributed by atoms with Gasteiger partial charge in [-0.15, -0.1) is 11.3 Å². The fourth-order valence-electron chi connectivity index (χ4n) is 8.28. The Hall–Kier alpha value is -7.21. The first-order valence-electron chi connectivity index (χ1n) is 18.7. The molecule has 0 atom stereocenters. The third kappa shape index (κ3) is 4.95. The normalized spacial score (nSPS) is 11.9. The third-order valence-electron chi connectivity index (χ3n) is 11.1. The molecular weight excluding hydrogens is 703 g/mol. The minimum absolute atomic E-state index is 0.598. The minimum atomic E-state index is 0.598. The van der Waals surface area contributed by atoms with Gasteiger partial charge in [-0.2, -0.15) is 0 Å². The number of benzene rings is 9. The summed E-state index contributed by atoms with van der Waals surface area (Å²) in [7, 11) is 0. The van der Waals surface area contributed by atoms with Gasteiger partial charge in [0.25, 0.3) is 0 Å². The summed E-state index contributed by atoms with van der Waals surface area (Å²) in [4.78, 5) is 15.8. The fourth-order valence-corrected chi connectivity index (χ4v) is 9.43. The standard InChI is InChI=1S/C51H29N3OS/c1-3-11-32-25-36(19-17-30(32)9-1)39-23-24-42(47-43-27-34-13-5-6-14-35(34)28-44(43)55-48(39)47)51-53-49(37-20-18-31-10-2-4-12-33(31)26-37)52-50(54-51)38-21-22-41-40-15-7-8-16-45(40)56-46(41)29-38/h1-29H. The first-order valence-corrected chi connectivity index (χ1v) is 19.6. The van der Waals surface area contributed by atoms with Crippen molar-refractivity contribution in [2.75, 3.05) is 0 Å². The van der Waals surface area contributed by atoms with E-state index in [2.05, 4.69) is 176 Å². The van der Waals surface area contributed by atoms with Crippen LogP contribution >= 0.6 is 11.3 Å². The number of nitrogens with zero attached hydrogens (tertiary/aromatic N) is 3. The first kappa shape index (κ1) is 31.2. The predicted molar refractivity (Wildman–Crippen MR) is 234 cm³/mol. The molecule has 0 radical (unpaired) electrons. The largest absolute Gasteiger partial charge is 0.455 e. The van der Waals surface area contributed by atoms with Crippen LogP contribution in [0.25, 0.3) is 120 Å². The zero-order chi connectivity index (χ0) is 36.7. The lowest BCUT2D eigenvalue weighted by atomic mass is 9.96. The monoisotopic (exact) mass is 731 g/mol. The molecule has 0 spiro atoms. The summed E-state index contributed by atoms with van der Waals surface area (Å²) in [5.41, 5.74) is 6.52. The van der Waals surface area contributed by atoms with Crippen LogP contribution in [0.1, 0.15) is 0 Å². The van der Waals surface area contributed by atoms with E-state index in [1.54, 1.807) is 11.3 Å². The molecule has 3 heterocycles. The van der Waals surface area contributed by atoms with Crippen LogP contribution in [0.5, 0.6) is 0 Å². The van der Waals surface area contributed by atoms with Crippen LogP contribution in [0.4, 0.5) is 0 Å². The Morgan fingerprint density at radius 2 is 0.893 bits per heavy atom. The second kappa shape index (κ2) is 12.2. The van der Waals surface area contributed by atoms with Crippen LogP contribution in [0, 0.1) is 0 Å². The van der Waals surface area contributed by atoms with Gasteiger partial charge in [0.05, 0.1) is 0 Å². The molecule has 5 heteroatoms. The van der Waals surface area contributed by atoms with E-state index in [-0.39, 0.29) is 0 Å².